The van der Waals surface area contributed by atoms with Crippen molar-refractivity contribution in [3.05, 3.63) is 9.66 Å². The first-order valence-corrected chi connectivity index (χ1v) is 6.77. The van der Waals surface area contributed by atoms with Crippen molar-refractivity contribution in [3.63, 3.8) is 0 Å². The lowest BCUT2D eigenvalue weighted by Crippen LogP contribution is -3.35. The van der Waals surface area contributed by atoms with E-state index >= 15 is 0 Å². The van der Waals surface area contributed by atoms with Crippen LogP contribution in [0.5, 0.6) is 0 Å². The van der Waals surface area contributed by atoms with E-state index in [2.05, 4.69) is 30.7 Å². The largest absolute Gasteiger partial charge is 0.252 e. The smallest absolute Gasteiger partial charge is 0.0979 e. The Morgan fingerprint density at radius 3 is 3.12 bits per heavy atom. The van der Waals surface area contributed by atoms with Crippen LogP contribution in [0.3, 0.4) is 0 Å². The summed E-state index contributed by atoms with van der Waals surface area (Å²) in [6, 6.07) is 0. The summed E-state index contributed by atoms with van der Waals surface area (Å²) in [4.78, 5) is 0. The number of hydrogen-bond acceptors (Lipinski definition) is 0. The normalized spacial score (nSPS) is 17.9. The fourth-order valence-corrected chi connectivity index (χ4v) is 3.51. The van der Waals surface area contributed by atoms with Crippen molar-refractivity contribution in [2.24, 2.45) is 0 Å². The van der Waals surface area contributed by atoms with Gasteiger partial charge in [-0.25, -0.2) is 0 Å². The fraction of sp³-hybridized carbons (Fsp3) is 0.500. The van der Waals surface area contributed by atoms with Crippen molar-refractivity contribution in [2.75, 3.05) is 4.43 Å². The molecule has 0 nitrogen and oxygen atoms in total. The van der Waals surface area contributed by atoms with Gasteiger partial charge in [-0.1, -0.05) is 26.3 Å². The minimum atomic E-state index is 0.404. The maximum Gasteiger partial charge on any atom is 0.252 e. The Kier molecular flexibility index (Phi) is 3.57. The first kappa shape index (κ1) is 7.18. The summed E-state index contributed by atoms with van der Waals surface area (Å²) >= 11 is 2.59. The van der Waals surface area contributed by atoms with Gasteiger partial charge in [0, 0.05) is 6.42 Å². The fourth-order valence-electron chi connectivity index (χ4n) is 0.610. The van der Waals surface area contributed by atoms with E-state index in [1.165, 1.54) is 17.3 Å². The Hall–Kier alpha value is 1.07. The maximum absolute atomic E-state index is 2.46. The molecule has 0 saturated heterocycles. The molecule has 1 rings (SSSR count). The van der Waals surface area contributed by atoms with Gasteiger partial charge in [0.15, 0.2) is 0 Å². The molecule has 8 heavy (non-hydrogen) atoms. The topological polar surface area (TPSA) is 0 Å². The summed E-state index contributed by atoms with van der Waals surface area (Å²) in [6.45, 7) is 0. The number of halogens is 2. The molecule has 0 saturated carbocycles. The van der Waals surface area contributed by atoms with Crippen LogP contribution < -0.4 is 22.6 Å². The molecule has 0 spiro atoms. The van der Waals surface area contributed by atoms with Crippen molar-refractivity contribution in [2.45, 2.75) is 12.8 Å². The predicted molar refractivity (Wildman–Crippen MR) is 43.7 cm³/mol. The Morgan fingerprint density at radius 1 is 1.75 bits per heavy atom. The third-order valence-corrected chi connectivity index (χ3v) is 3.84. The lowest BCUT2D eigenvalue weighted by atomic mass is 10.2. The molecule has 0 amide bonds. The van der Waals surface area contributed by atoms with Gasteiger partial charge in [0.1, 0.15) is 4.43 Å². The van der Waals surface area contributed by atoms with Gasteiger partial charge in [-0.3, -0.25) is 0 Å². The van der Waals surface area contributed by atoms with Crippen molar-refractivity contribution >= 4 is 24.7 Å². The minimum Gasteiger partial charge on any atom is -0.0979 e. The highest BCUT2D eigenvalue weighted by molar-refractivity contribution is 14.2. The van der Waals surface area contributed by atoms with E-state index in [9.17, 15) is 0 Å². The second-order valence-corrected chi connectivity index (χ2v) is 5.09. The molecule has 0 bridgehead atoms. The minimum absolute atomic E-state index is 0.404. The molecule has 0 unspecified atom stereocenters. The molecule has 0 aromatic carbocycles. The van der Waals surface area contributed by atoms with Crippen LogP contribution in [0.1, 0.15) is 12.8 Å². The highest BCUT2D eigenvalue weighted by atomic mass is 127. The lowest BCUT2D eigenvalue weighted by molar-refractivity contribution is -0.366. The van der Waals surface area contributed by atoms with Crippen LogP contribution in [0.2, 0.25) is 0 Å². The second-order valence-electron chi connectivity index (χ2n) is 1.71. The van der Waals surface area contributed by atoms with E-state index in [0.717, 1.165) is 0 Å². The van der Waals surface area contributed by atoms with Crippen LogP contribution >= 0.6 is 20.7 Å². The van der Waals surface area contributed by atoms with E-state index in [0.29, 0.717) is 20.7 Å². The summed E-state index contributed by atoms with van der Waals surface area (Å²) in [7, 11) is 0. The van der Waals surface area contributed by atoms with E-state index in [4.69, 9.17) is 0 Å². The van der Waals surface area contributed by atoms with Gasteiger partial charge in [-0.05, 0) is 14.5 Å². The van der Waals surface area contributed by atoms with Crippen LogP contribution in [-0.4, -0.2) is 8.44 Å². The molecule has 0 aromatic rings. The molecule has 46 valence electrons. The molecular formula is C6H9I2+. The van der Waals surface area contributed by atoms with Gasteiger partial charge in [0.2, 0.25) is 0 Å². The molecule has 0 aliphatic carbocycles. The Bertz CT molecular complexity index is 124. The molecule has 0 atom stereocenters. The van der Waals surface area contributed by atoms with E-state index < -0.39 is 0 Å². The van der Waals surface area contributed by atoms with E-state index in [-0.39, 0.29) is 0 Å². The second kappa shape index (κ2) is 3.98. The standard InChI is InChI=1S/C6H9I2/c7-3-1-6-2-4-8-5-6/h4-5,7H,1-3H2/q+1. The van der Waals surface area contributed by atoms with E-state index in [1.54, 1.807) is 5.57 Å². The molecule has 0 aromatic heterocycles. The summed E-state index contributed by atoms with van der Waals surface area (Å²) < 4.78 is 6.24. The summed E-state index contributed by atoms with van der Waals surface area (Å²) in [5, 5.41) is 0. The highest BCUT2D eigenvalue weighted by Crippen LogP contribution is 2.18. The first-order valence-electron chi connectivity index (χ1n) is 2.63. The van der Waals surface area contributed by atoms with Crippen LogP contribution in [0.25, 0.3) is 0 Å². The highest BCUT2D eigenvalue weighted by Gasteiger charge is 1.99. The maximum atomic E-state index is 2.46. The van der Waals surface area contributed by atoms with Crippen molar-refractivity contribution < 1.29 is 22.6 Å². The number of hydrogen-bond donors (Lipinski definition) is 0. The molecule has 2 heteroatoms. The molecule has 1 aliphatic rings. The quantitative estimate of drug-likeness (QED) is 0.436. The zero-order chi connectivity index (χ0) is 5.82. The van der Waals surface area contributed by atoms with Gasteiger partial charge < -0.3 is 0 Å². The predicted octanol–water partition coefficient (Wildman–Crippen LogP) is -1.28. The molecule has 0 N–H and O–H groups in total. The van der Waals surface area contributed by atoms with E-state index in [1.807, 2.05) is 0 Å². The molecule has 0 radical (unpaired) electrons. The Morgan fingerprint density at radius 2 is 2.62 bits per heavy atom. The van der Waals surface area contributed by atoms with Gasteiger partial charge >= 0.3 is 0 Å². The number of rotatable bonds is 2. The monoisotopic (exact) mass is 335 g/mol. The van der Waals surface area contributed by atoms with Gasteiger partial charge in [-0.2, -0.15) is 0 Å². The average molecular weight is 335 g/mol. The van der Waals surface area contributed by atoms with Crippen molar-refractivity contribution in [1.82, 2.24) is 0 Å². The summed E-state index contributed by atoms with van der Waals surface area (Å²) in [6.07, 6.45) is 2.66. The number of alkyl halides is 1. The van der Waals surface area contributed by atoms with Crippen LogP contribution in [0, 0.1) is 0 Å². The van der Waals surface area contributed by atoms with Crippen LogP contribution in [0.15, 0.2) is 9.66 Å². The summed E-state index contributed by atoms with van der Waals surface area (Å²) in [5.74, 6) is 0. The van der Waals surface area contributed by atoms with Gasteiger partial charge in [0.25, 0.3) is 22.6 Å². The SMILES string of the molecule is [IH+]CCC1=CI=CC1. The zero-order valence-electron chi connectivity index (χ0n) is 4.56. The molecule has 0 fully saturated rings. The average Bonchev–Trinajstić information content (AvgIpc) is 2.19. The van der Waals surface area contributed by atoms with Crippen molar-refractivity contribution in [1.29, 1.82) is 0 Å². The van der Waals surface area contributed by atoms with Gasteiger partial charge in [0.05, 0.1) is 0 Å². The van der Waals surface area contributed by atoms with Crippen LogP contribution in [-0.2, 0) is 0 Å². The Balaban J connectivity index is 2.28. The number of allylic oxidation sites excluding steroid dienone is 1. The Labute approximate surface area is 73.6 Å². The third kappa shape index (κ3) is 2.13. The summed E-state index contributed by atoms with van der Waals surface area (Å²) in [5.41, 5.74) is 1.70. The van der Waals surface area contributed by atoms with Gasteiger partial charge in [-0.15, -0.1) is 0 Å². The third-order valence-electron chi connectivity index (χ3n) is 1.07. The zero-order valence-corrected chi connectivity index (χ0v) is 9.05. The van der Waals surface area contributed by atoms with Crippen LogP contribution in [0.4, 0.5) is 0 Å². The molecule has 1 aliphatic heterocycles. The molecule has 1 heterocycles. The van der Waals surface area contributed by atoms with Crippen molar-refractivity contribution in [3.8, 4) is 0 Å². The lowest BCUT2D eigenvalue weighted by Gasteiger charge is -1.88. The molecular weight excluding hydrogens is 326 g/mol. The first-order chi connectivity index (χ1) is 3.93.